The van der Waals surface area contributed by atoms with Gasteiger partial charge in [-0.2, -0.15) is 0 Å². The molecule has 4 nitrogen and oxygen atoms in total. The molecule has 0 aliphatic heterocycles. The molecule has 1 aliphatic rings. The van der Waals surface area contributed by atoms with E-state index in [1.165, 1.54) is 5.39 Å². The molecule has 4 heteroatoms. The first kappa shape index (κ1) is 13.3. The van der Waals surface area contributed by atoms with Gasteiger partial charge in [0.15, 0.2) is 0 Å². The average molecular weight is 293 g/mol. The summed E-state index contributed by atoms with van der Waals surface area (Å²) < 4.78 is 0. The van der Waals surface area contributed by atoms with Crippen LogP contribution in [0.2, 0.25) is 0 Å². The highest BCUT2D eigenvalue weighted by molar-refractivity contribution is 6.20. The number of aromatic nitrogens is 2. The van der Waals surface area contributed by atoms with Crippen molar-refractivity contribution in [2.24, 2.45) is 10.6 Å². The van der Waals surface area contributed by atoms with E-state index in [1.54, 1.807) is 0 Å². The zero-order valence-corrected chi connectivity index (χ0v) is 13.1. The van der Waals surface area contributed by atoms with Crippen LogP contribution in [0.3, 0.4) is 0 Å². The summed E-state index contributed by atoms with van der Waals surface area (Å²) >= 11 is 0. The van der Waals surface area contributed by atoms with Crippen LogP contribution in [-0.4, -0.2) is 20.9 Å². The lowest BCUT2D eigenvalue weighted by Gasteiger charge is -2.31. The number of fused-ring (bicyclic) bond motifs is 5. The van der Waals surface area contributed by atoms with E-state index in [1.807, 2.05) is 19.1 Å². The second-order valence-electron chi connectivity index (χ2n) is 7.00. The van der Waals surface area contributed by atoms with Crippen LogP contribution in [0.4, 0.5) is 0 Å². The molecule has 0 radical (unpaired) electrons. The quantitative estimate of drug-likeness (QED) is 0.482. The Hall–Kier alpha value is -2.36. The molecule has 112 valence electrons. The Morgan fingerprint density at radius 2 is 2.00 bits per heavy atom. The van der Waals surface area contributed by atoms with Gasteiger partial charge in [-0.05, 0) is 31.2 Å². The predicted octanol–water partition coefficient (Wildman–Crippen LogP) is 4.18. The third-order valence-electron chi connectivity index (χ3n) is 4.61. The summed E-state index contributed by atoms with van der Waals surface area (Å²) in [5.74, 6) is 0. The van der Waals surface area contributed by atoms with Gasteiger partial charge in [-0.1, -0.05) is 37.2 Å². The first-order chi connectivity index (χ1) is 10.5. The Balaban J connectivity index is 2.19. The maximum atomic E-state index is 9.56. The Labute approximate surface area is 128 Å². The van der Waals surface area contributed by atoms with Gasteiger partial charge in [-0.3, -0.25) is 4.98 Å². The number of nitrogens with one attached hydrogen (secondary N) is 1. The zero-order valence-electron chi connectivity index (χ0n) is 13.1. The number of hydrogen-bond acceptors (Lipinski definition) is 3. The zero-order chi connectivity index (χ0) is 15.5. The van der Waals surface area contributed by atoms with Crippen molar-refractivity contribution in [1.82, 2.24) is 9.97 Å². The van der Waals surface area contributed by atoms with Crippen LogP contribution in [0.25, 0.3) is 21.8 Å². The summed E-state index contributed by atoms with van der Waals surface area (Å²) in [6.45, 7) is 6.42. The second-order valence-corrected chi connectivity index (χ2v) is 7.00. The van der Waals surface area contributed by atoms with Crippen LogP contribution >= 0.6 is 0 Å². The lowest BCUT2D eigenvalue weighted by molar-refractivity contribution is 0.306. The Morgan fingerprint density at radius 1 is 1.23 bits per heavy atom. The van der Waals surface area contributed by atoms with Crippen molar-refractivity contribution in [2.45, 2.75) is 33.6 Å². The first-order valence-corrected chi connectivity index (χ1v) is 7.61. The number of aromatic amines is 1. The third-order valence-corrected chi connectivity index (χ3v) is 4.61. The van der Waals surface area contributed by atoms with Crippen LogP contribution in [0.15, 0.2) is 29.4 Å². The summed E-state index contributed by atoms with van der Waals surface area (Å²) in [7, 11) is 0. The SMILES string of the molecule is Cc1nc2c(c3c1[nH]c1ccccc13)/C(=N\O)CC(C)(C)C2. The smallest absolute Gasteiger partial charge is 0.0898 e. The molecule has 1 aromatic carbocycles. The molecule has 1 aliphatic carbocycles. The lowest BCUT2D eigenvalue weighted by Crippen LogP contribution is -2.29. The fourth-order valence-corrected chi connectivity index (χ4v) is 3.71. The number of hydrogen-bond donors (Lipinski definition) is 2. The predicted molar refractivity (Wildman–Crippen MR) is 88.8 cm³/mol. The van der Waals surface area contributed by atoms with E-state index in [0.717, 1.165) is 51.9 Å². The van der Waals surface area contributed by atoms with Gasteiger partial charge in [-0.15, -0.1) is 0 Å². The molecule has 22 heavy (non-hydrogen) atoms. The van der Waals surface area contributed by atoms with Crippen LogP contribution in [0.5, 0.6) is 0 Å². The minimum absolute atomic E-state index is 0.0633. The number of nitrogens with zero attached hydrogens (tertiary/aromatic N) is 2. The molecule has 0 bridgehead atoms. The van der Waals surface area contributed by atoms with Gasteiger partial charge in [0.1, 0.15) is 0 Å². The number of rotatable bonds is 0. The largest absolute Gasteiger partial charge is 0.411 e. The molecule has 3 aromatic rings. The molecule has 2 heterocycles. The highest BCUT2D eigenvalue weighted by Gasteiger charge is 2.33. The molecular weight excluding hydrogens is 274 g/mol. The number of aryl methyl sites for hydroxylation is 1. The third kappa shape index (κ3) is 1.76. The van der Waals surface area contributed by atoms with Crippen molar-refractivity contribution >= 4 is 27.5 Å². The first-order valence-electron chi connectivity index (χ1n) is 7.61. The van der Waals surface area contributed by atoms with E-state index in [4.69, 9.17) is 4.98 Å². The molecular formula is C18H19N3O. The second kappa shape index (κ2) is 4.32. The molecule has 0 amide bonds. The van der Waals surface area contributed by atoms with E-state index in [2.05, 4.69) is 36.1 Å². The van der Waals surface area contributed by atoms with Gasteiger partial charge >= 0.3 is 0 Å². The monoisotopic (exact) mass is 293 g/mol. The van der Waals surface area contributed by atoms with Crippen molar-refractivity contribution in [2.75, 3.05) is 0 Å². The minimum atomic E-state index is 0.0633. The van der Waals surface area contributed by atoms with Crippen molar-refractivity contribution < 1.29 is 5.21 Å². The number of para-hydroxylation sites is 1. The Bertz CT molecular complexity index is 934. The average Bonchev–Trinajstić information content (AvgIpc) is 2.85. The van der Waals surface area contributed by atoms with Crippen LogP contribution < -0.4 is 0 Å². The molecule has 0 saturated carbocycles. The highest BCUT2D eigenvalue weighted by Crippen LogP contribution is 2.40. The normalized spacial score (nSPS) is 19.0. The van der Waals surface area contributed by atoms with Gasteiger partial charge in [0.2, 0.25) is 0 Å². The molecule has 2 N–H and O–H groups in total. The summed E-state index contributed by atoms with van der Waals surface area (Å²) in [4.78, 5) is 8.27. The van der Waals surface area contributed by atoms with Crippen molar-refractivity contribution in [1.29, 1.82) is 0 Å². The number of benzene rings is 1. The molecule has 0 spiro atoms. The summed E-state index contributed by atoms with van der Waals surface area (Å²) in [6, 6.07) is 8.25. The van der Waals surface area contributed by atoms with Crippen molar-refractivity contribution in [3.8, 4) is 0 Å². The number of oxime groups is 1. The Morgan fingerprint density at radius 3 is 2.77 bits per heavy atom. The van der Waals surface area contributed by atoms with E-state index >= 15 is 0 Å². The maximum absolute atomic E-state index is 9.56. The fourth-order valence-electron chi connectivity index (χ4n) is 3.71. The topological polar surface area (TPSA) is 61.3 Å². The van der Waals surface area contributed by atoms with Crippen molar-refractivity contribution in [3.63, 3.8) is 0 Å². The van der Waals surface area contributed by atoms with E-state index < -0.39 is 0 Å². The minimum Gasteiger partial charge on any atom is -0.411 e. The summed E-state index contributed by atoms with van der Waals surface area (Å²) in [5.41, 5.74) is 6.00. The van der Waals surface area contributed by atoms with Gasteiger partial charge in [-0.25, -0.2) is 0 Å². The highest BCUT2D eigenvalue weighted by atomic mass is 16.4. The number of H-pyrrole nitrogens is 1. The van der Waals surface area contributed by atoms with Gasteiger partial charge in [0.25, 0.3) is 0 Å². The standard InChI is InChI=1S/C18H19N3O/c1-10-17-15(11-6-4-5-7-12(11)20-17)16-13(19-10)8-18(2,3)9-14(16)21-22/h4-7,20,22H,8-9H2,1-3H3/b21-14-. The van der Waals surface area contributed by atoms with Gasteiger partial charge in [0, 0.05) is 21.9 Å². The van der Waals surface area contributed by atoms with Gasteiger partial charge in [0.05, 0.1) is 22.6 Å². The van der Waals surface area contributed by atoms with Crippen LogP contribution in [0.1, 0.15) is 37.2 Å². The summed E-state index contributed by atoms with van der Waals surface area (Å²) in [5, 5.41) is 15.5. The van der Waals surface area contributed by atoms with E-state index in [0.29, 0.717) is 0 Å². The van der Waals surface area contributed by atoms with Crippen molar-refractivity contribution in [3.05, 3.63) is 41.2 Å². The van der Waals surface area contributed by atoms with Crippen LogP contribution in [0, 0.1) is 12.3 Å². The molecule has 2 aromatic heterocycles. The van der Waals surface area contributed by atoms with E-state index in [9.17, 15) is 5.21 Å². The molecule has 0 atom stereocenters. The molecule has 0 fully saturated rings. The molecule has 0 unspecified atom stereocenters. The number of pyridine rings is 1. The fraction of sp³-hybridized carbons (Fsp3) is 0.333. The van der Waals surface area contributed by atoms with E-state index in [-0.39, 0.29) is 5.41 Å². The molecule has 0 saturated heterocycles. The molecule has 4 rings (SSSR count). The summed E-state index contributed by atoms with van der Waals surface area (Å²) in [6.07, 6.45) is 1.66. The lowest BCUT2D eigenvalue weighted by atomic mass is 9.74. The van der Waals surface area contributed by atoms with Crippen LogP contribution in [-0.2, 0) is 6.42 Å². The maximum Gasteiger partial charge on any atom is 0.0898 e. The Kier molecular flexibility index (Phi) is 2.61. The van der Waals surface area contributed by atoms with Gasteiger partial charge < -0.3 is 10.2 Å².